The molecule has 0 saturated carbocycles. The number of alkyl carbamates (subject to hydrolysis) is 1. The number of carbonyl (C=O) groups excluding carboxylic acids is 3. The van der Waals surface area contributed by atoms with Gasteiger partial charge in [-0.15, -0.1) is 20.4 Å². The Labute approximate surface area is 180 Å². The summed E-state index contributed by atoms with van der Waals surface area (Å²) < 4.78 is 4.82. The standard InChI is InChI=1S/C20H27N7O4/c1-19(2,3)16(29)21-13-9-7-12(8-10-13)15-24-26-17(27-25-15)22-14(28)11-31-18(30)23-20(4,5)6/h7-10H,11H2,1-6H3,(H,21,29)(H,23,30)(H,22,26,27,28). The number of rotatable bonds is 5. The first-order valence-electron chi connectivity index (χ1n) is 9.57. The van der Waals surface area contributed by atoms with Crippen LogP contribution in [0.1, 0.15) is 41.5 Å². The average Bonchev–Trinajstić information content (AvgIpc) is 2.66. The molecule has 2 aromatic rings. The Morgan fingerprint density at radius 3 is 1.97 bits per heavy atom. The first-order chi connectivity index (χ1) is 14.3. The second kappa shape index (κ2) is 9.45. The first-order valence-corrected chi connectivity index (χ1v) is 9.57. The molecule has 166 valence electrons. The Balaban J connectivity index is 1.91. The van der Waals surface area contributed by atoms with Crippen molar-refractivity contribution in [3.8, 4) is 11.4 Å². The number of nitrogens with zero attached hydrogens (tertiary/aromatic N) is 4. The van der Waals surface area contributed by atoms with Crippen LogP contribution in [-0.4, -0.2) is 50.4 Å². The van der Waals surface area contributed by atoms with E-state index < -0.39 is 29.6 Å². The smallest absolute Gasteiger partial charge is 0.408 e. The number of anilines is 2. The number of benzene rings is 1. The Hall–Kier alpha value is -3.63. The minimum Gasteiger partial charge on any atom is -0.439 e. The molecule has 3 amide bonds. The third-order valence-electron chi connectivity index (χ3n) is 3.62. The highest BCUT2D eigenvalue weighted by Crippen LogP contribution is 2.20. The molecule has 2 rings (SSSR count). The van der Waals surface area contributed by atoms with Crippen LogP contribution in [-0.2, 0) is 14.3 Å². The highest BCUT2D eigenvalue weighted by Gasteiger charge is 2.21. The van der Waals surface area contributed by atoms with Gasteiger partial charge in [-0.2, -0.15) is 0 Å². The Morgan fingerprint density at radius 1 is 0.871 bits per heavy atom. The van der Waals surface area contributed by atoms with Crippen molar-refractivity contribution in [1.29, 1.82) is 0 Å². The van der Waals surface area contributed by atoms with Gasteiger partial charge in [0.05, 0.1) is 0 Å². The predicted octanol–water partition coefficient (Wildman–Crippen LogP) is 2.38. The molecule has 0 unspecified atom stereocenters. The second-order valence-corrected chi connectivity index (χ2v) is 8.83. The van der Waals surface area contributed by atoms with Crippen molar-refractivity contribution in [3.63, 3.8) is 0 Å². The monoisotopic (exact) mass is 429 g/mol. The molecule has 1 aromatic carbocycles. The van der Waals surface area contributed by atoms with Crippen LogP contribution in [0.25, 0.3) is 11.4 Å². The fourth-order valence-electron chi connectivity index (χ4n) is 2.05. The molecule has 3 N–H and O–H groups in total. The van der Waals surface area contributed by atoms with Crippen LogP contribution in [0.4, 0.5) is 16.4 Å². The second-order valence-electron chi connectivity index (χ2n) is 8.83. The molecular formula is C20H27N7O4. The third-order valence-corrected chi connectivity index (χ3v) is 3.62. The number of nitrogens with one attached hydrogen (secondary N) is 3. The lowest BCUT2D eigenvalue weighted by Gasteiger charge is -2.19. The van der Waals surface area contributed by atoms with Gasteiger partial charge in [0.2, 0.25) is 11.7 Å². The van der Waals surface area contributed by atoms with Crippen LogP contribution >= 0.6 is 0 Å². The summed E-state index contributed by atoms with van der Waals surface area (Å²) in [7, 11) is 0. The van der Waals surface area contributed by atoms with Gasteiger partial charge in [0.1, 0.15) is 0 Å². The fraction of sp³-hybridized carbons (Fsp3) is 0.450. The molecule has 0 aliphatic heterocycles. The topological polar surface area (TPSA) is 148 Å². The molecule has 0 saturated heterocycles. The van der Waals surface area contributed by atoms with Crippen LogP contribution in [0.2, 0.25) is 0 Å². The van der Waals surface area contributed by atoms with Gasteiger partial charge in [-0.3, -0.25) is 14.9 Å². The van der Waals surface area contributed by atoms with Gasteiger partial charge in [0, 0.05) is 22.2 Å². The summed E-state index contributed by atoms with van der Waals surface area (Å²) in [6.07, 6.45) is -0.711. The quantitative estimate of drug-likeness (QED) is 0.656. The molecular weight excluding hydrogens is 402 g/mol. The number of amides is 3. The van der Waals surface area contributed by atoms with E-state index in [-0.39, 0.29) is 17.7 Å². The summed E-state index contributed by atoms with van der Waals surface area (Å²) in [4.78, 5) is 35.4. The summed E-state index contributed by atoms with van der Waals surface area (Å²) in [6, 6.07) is 6.88. The summed E-state index contributed by atoms with van der Waals surface area (Å²) in [6.45, 7) is 10.3. The molecule has 1 heterocycles. The van der Waals surface area contributed by atoms with Gasteiger partial charge in [-0.05, 0) is 45.0 Å². The molecule has 11 heteroatoms. The maximum atomic E-state index is 12.0. The van der Waals surface area contributed by atoms with E-state index in [9.17, 15) is 14.4 Å². The van der Waals surface area contributed by atoms with Gasteiger partial charge in [0.15, 0.2) is 6.61 Å². The molecule has 31 heavy (non-hydrogen) atoms. The van der Waals surface area contributed by atoms with Gasteiger partial charge in [-0.1, -0.05) is 20.8 Å². The van der Waals surface area contributed by atoms with Crippen LogP contribution in [0.15, 0.2) is 24.3 Å². The van der Waals surface area contributed by atoms with Crippen LogP contribution in [0.5, 0.6) is 0 Å². The van der Waals surface area contributed by atoms with Gasteiger partial charge >= 0.3 is 6.09 Å². The molecule has 0 aliphatic carbocycles. The van der Waals surface area contributed by atoms with Crippen molar-refractivity contribution in [1.82, 2.24) is 25.7 Å². The van der Waals surface area contributed by atoms with E-state index in [1.807, 2.05) is 20.8 Å². The van der Waals surface area contributed by atoms with E-state index >= 15 is 0 Å². The molecule has 11 nitrogen and oxygen atoms in total. The molecule has 0 atom stereocenters. The molecule has 0 aliphatic rings. The summed E-state index contributed by atoms with van der Waals surface area (Å²) in [5.74, 6) is -0.603. The first kappa shape index (κ1) is 23.6. The van der Waals surface area contributed by atoms with Gasteiger partial charge in [-0.25, -0.2) is 4.79 Å². The van der Waals surface area contributed by atoms with Crippen molar-refractivity contribution in [3.05, 3.63) is 24.3 Å². The van der Waals surface area contributed by atoms with Crippen LogP contribution in [0, 0.1) is 5.41 Å². The van der Waals surface area contributed by atoms with Crippen molar-refractivity contribution in [2.45, 2.75) is 47.1 Å². The Kier molecular flexibility index (Phi) is 7.21. The van der Waals surface area contributed by atoms with E-state index in [1.54, 1.807) is 45.0 Å². The van der Waals surface area contributed by atoms with E-state index in [2.05, 4.69) is 36.3 Å². The summed E-state index contributed by atoms with van der Waals surface area (Å²) in [5, 5.41) is 23.2. The normalized spacial score (nSPS) is 11.4. The lowest BCUT2D eigenvalue weighted by molar-refractivity contribution is -0.123. The summed E-state index contributed by atoms with van der Waals surface area (Å²) >= 11 is 0. The van der Waals surface area contributed by atoms with Crippen LogP contribution in [0.3, 0.4) is 0 Å². The minimum atomic E-state index is -0.711. The largest absolute Gasteiger partial charge is 0.439 e. The molecule has 0 spiro atoms. The highest BCUT2D eigenvalue weighted by molar-refractivity contribution is 5.94. The van der Waals surface area contributed by atoms with E-state index in [1.165, 1.54) is 0 Å². The SMILES string of the molecule is CC(C)(C)NC(=O)OCC(=O)Nc1nnc(-c2ccc(NC(=O)C(C)(C)C)cc2)nn1. The Bertz CT molecular complexity index is 930. The van der Waals surface area contributed by atoms with Crippen molar-refractivity contribution in [2.24, 2.45) is 5.41 Å². The number of ether oxygens (including phenoxy) is 1. The molecule has 0 bridgehead atoms. The Morgan fingerprint density at radius 2 is 1.45 bits per heavy atom. The predicted molar refractivity (Wildman–Crippen MR) is 114 cm³/mol. The van der Waals surface area contributed by atoms with E-state index in [0.29, 0.717) is 11.3 Å². The van der Waals surface area contributed by atoms with Crippen molar-refractivity contribution < 1.29 is 19.1 Å². The van der Waals surface area contributed by atoms with Crippen molar-refractivity contribution >= 4 is 29.5 Å². The lowest BCUT2D eigenvalue weighted by atomic mass is 9.95. The fourth-order valence-corrected chi connectivity index (χ4v) is 2.05. The molecule has 0 radical (unpaired) electrons. The van der Waals surface area contributed by atoms with Gasteiger partial charge < -0.3 is 15.4 Å². The number of hydrogen-bond acceptors (Lipinski definition) is 8. The number of aromatic nitrogens is 4. The average molecular weight is 429 g/mol. The number of carbonyl (C=O) groups is 3. The minimum absolute atomic E-state index is 0.0974. The number of hydrogen-bond donors (Lipinski definition) is 3. The highest BCUT2D eigenvalue weighted by atomic mass is 16.6. The van der Waals surface area contributed by atoms with Crippen LogP contribution < -0.4 is 16.0 Å². The lowest BCUT2D eigenvalue weighted by Crippen LogP contribution is -2.41. The maximum absolute atomic E-state index is 12.0. The zero-order chi connectivity index (χ0) is 23.2. The third kappa shape index (κ3) is 7.96. The zero-order valence-electron chi connectivity index (χ0n) is 18.4. The van der Waals surface area contributed by atoms with E-state index in [0.717, 1.165) is 0 Å². The molecule has 1 aromatic heterocycles. The van der Waals surface area contributed by atoms with E-state index in [4.69, 9.17) is 4.74 Å². The zero-order valence-corrected chi connectivity index (χ0v) is 18.4. The summed E-state index contributed by atoms with van der Waals surface area (Å²) in [5.41, 5.74) is 0.298. The van der Waals surface area contributed by atoms with Gasteiger partial charge in [0.25, 0.3) is 11.9 Å². The van der Waals surface area contributed by atoms with Crippen molar-refractivity contribution in [2.75, 3.05) is 17.2 Å². The maximum Gasteiger partial charge on any atom is 0.408 e. The molecule has 0 fully saturated rings.